The summed E-state index contributed by atoms with van der Waals surface area (Å²) in [5.74, 6) is -4.34. The fourth-order valence-electron chi connectivity index (χ4n) is 2.59. The first-order valence-corrected chi connectivity index (χ1v) is 6.59. The average Bonchev–Trinajstić information content (AvgIpc) is 2.43. The van der Waals surface area contributed by atoms with E-state index in [0.717, 1.165) is 25.0 Å². The third-order valence-corrected chi connectivity index (χ3v) is 3.74. The van der Waals surface area contributed by atoms with Crippen LogP contribution in [0.2, 0.25) is 0 Å². The van der Waals surface area contributed by atoms with Crippen LogP contribution in [-0.2, 0) is 0 Å². The molecule has 1 saturated heterocycles. The molecule has 1 fully saturated rings. The second-order valence-corrected chi connectivity index (χ2v) is 5.27. The van der Waals surface area contributed by atoms with Crippen LogP contribution >= 0.6 is 12.4 Å². The van der Waals surface area contributed by atoms with Gasteiger partial charge < -0.3 is 10.6 Å². The molecule has 0 bridgehead atoms. The highest BCUT2D eigenvalue weighted by atomic mass is 35.5. The summed E-state index contributed by atoms with van der Waals surface area (Å²) in [6.45, 7) is 2.85. The maximum atomic E-state index is 13.2. The fraction of sp³-hybridized carbons (Fsp3) is 0.500. The number of rotatable bonds is 2. The molecule has 21 heavy (non-hydrogen) atoms. The first-order valence-electron chi connectivity index (χ1n) is 6.59. The van der Waals surface area contributed by atoms with Crippen LogP contribution in [0.5, 0.6) is 0 Å². The lowest BCUT2D eigenvalue weighted by atomic mass is 9.92. The fourth-order valence-corrected chi connectivity index (χ4v) is 2.59. The smallest absolute Gasteiger partial charge is 0.254 e. The van der Waals surface area contributed by atoms with Crippen molar-refractivity contribution >= 4 is 18.3 Å². The van der Waals surface area contributed by atoms with Crippen LogP contribution in [0.3, 0.4) is 0 Å². The molecule has 0 radical (unpaired) electrons. The van der Waals surface area contributed by atoms with Crippen molar-refractivity contribution in [1.29, 1.82) is 0 Å². The molecule has 1 aromatic carbocycles. The van der Waals surface area contributed by atoms with Crippen molar-refractivity contribution in [3.8, 4) is 0 Å². The Balaban J connectivity index is 0.00000220. The molecular formula is C14H18ClF3N2O. The highest BCUT2D eigenvalue weighted by Gasteiger charge is 2.30. The van der Waals surface area contributed by atoms with Gasteiger partial charge in [0.1, 0.15) is 0 Å². The van der Waals surface area contributed by atoms with E-state index in [-0.39, 0.29) is 24.0 Å². The van der Waals surface area contributed by atoms with Crippen LogP contribution in [0.15, 0.2) is 12.1 Å². The van der Waals surface area contributed by atoms with Crippen molar-refractivity contribution in [3.05, 3.63) is 35.1 Å². The Labute approximate surface area is 127 Å². The monoisotopic (exact) mass is 322 g/mol. The molecule has 2 atom stereocenters. The quantitative estimate of drug-likeness (QED) is 0.851. The van der Waals surface area contributed by atoms with E-state index in [2.05, 4.69) is 6.92 Å². The third-order valence-electron chi connectivity index (χ3n) is 3.74. The van der Waals surface area contributed by atoms with Crippen LogP contribution in [0.25, 0.3) is 0 Å². The lowest BCUT2D eigenvalue weighted by Gasteiger charge is -2.38. The number of carbonyl (C=O) groups excluding carboxylic acids is 1. The molecule has 0 aromatic heterocycles. The number of likely N-dealkylation sites (tertiary alicyclic amines) is 1. The van der Waals surface area contributed by atoms with Crippen LogP contribution in [0, 0.1) is 23.4 Å². The van der Waals surface area contributed by atoms with E-state index in [4.69, 9.17) is 5.73 Å². The minimum Gasteiger partial charge on any atom is -0.334 e. The number of amides is 1. The van der Waals surface area contributed by atoms with Crippen molar-refractivity contribution < 1.29 is 18.0 Å². The summed E-state index contributed by atoms with van der Waals surface area (Å²) in [5, 5.41) is 0. The van der Waals surface area contributed by atoms with Crippen molar-refractivity contribution in [2.75, 3.05) is 13.1 Å². The molecule has 1 aliphatic rings. The minimum absolute atomic E-state index is 0. The first kappa shape index (κ1) is 17.8. The van der Waals surface area contributed by atoms with Crippen molar-refractivity contribution in [2.45, 2.75) is 25.8 Å². The van der Waals surface area contributed by atoms with Gasteiger partial charge in [-0.2, -0.15) is 0 Å². The van der Waals surface area contributed by atoms with Crippen LogP contribution in [-0.4, -0.2) is 29.9 Å². The maximum absolute atomic E-state index is 13.2. The molecule has 2 rings (SSSR count). The lowest BCUT2D eigenvalue weighted by molar-refractivity contribution is 0.0572. The normalized spacial score (nSPS) is 21.9. The van der Waals surface area contributed by atoms with Gasteiger partial charge in [0, 0.05) is 24.7 Å². The Morgan fingerprint density at radius 1 is 1.33 bits per heavy atom. The summed E-state index contributed by atoms with van der Waals surface area (Å²) in [6.07, 6.45) is 1.57. The summed E-state index contributed by atoms with van der Waals surface area (Å²) >= 11 is 0. The van der Waals surface area contributed by atoms with Gasteiger partial charge in [-0.15, -0.1) is 12.4 Å². The van der Waals surface area contributed by atoms with E-state index in [1.807, 2.05) is 0 Å². The topological polar surface area (TPSA) is 46.3 Å². The van der Waals surface area contributed by atoms with Gasteiger partial charge in [-0.05, 0) is 30.9 Å². The molecule has 118 valence electrons. The highest BCUT2D eigenvalue weighted by Crippen LogP contribution is 2.24. The van der Waals surface area contributed by atoms with Crippen LogP contribution < -0.4 is 5.73 Å². The van der Waals surface area contributed by atoms with Gasteiger partial charge in [-0.25, -0.2) is 13.2 Å². The van der Waals surface area contributed by atoms with Gasteiger partial charge in [0.2, 0.25) is 0 Å². The zero-order valence-electron chi connectivity index (χ0n) is 11.6. The van der Waals surface area contributed by atoms with E-state index in [9.17, 15) is 18.0 Å². The van der Waals surface area contributed by atoms with Gasteiger partial charge >= 0.3 is 0 Å². The molecule has 3 nitrogen and oxygen atoms in total. The minimum atomic E-state index is -1.57. The Bertz CT molecular complexity index is 504. The summed E-state index contributed by atoms with van der Waals surface area (Å²) in [4.78, 5) is 13.8. The SMILES string of the molecule is CC1CCN(C(=O)c2cc(F)c(F)c(F)c2)C(CN)C1.Cl. The predicted octanol–water partition coefficient (Wildman–Crippen LogP) is 2.73. The van der Waals surface area contributed by atoms with Crippen molar-refractivity contribution in [2.24, 2.45) is 11.7 Å². The lowest BCUT2D eigenvalue weighted by Crippen LogP contribution is -2.49. The number of nitrogens with zero attached hydrogens (tertiary/aromatic N) is 1. The summed E-state index contributed by atoms with van der Waals surface area (Å²) < 4.78 is 39.3. The number of halogens is 4. The van der Waals surface area contributed by atoms with Gasteiger partial charge in [0.25, 0.3) is 5.91 Å². The molecule has 2 N–H and O–H groups in total. The zero-order chi connectivity index (χ0) is 14.9. The molecule has 7 heteroatoms. The molecule has 0 aliphatic carbocycles. The molecule has 1 heterocycles. The standard InChI is InChI=1S/C14H17F3N2O.ClH/c1-8-2-3-19(10(4-8)7-18)14(20)9-5-11(15)13(17)12(16)6-9;/h5-6,8,10H,2-4,7,18H2,1H3;1H. The zero-order valence-corrected chi connectivity index (χ0v) is 12.4. The van der Waals surface area contributed by atoms with E-state index < -0.39 is 23.4 Å². The Morgan fingerprint density at radius 2 is 1.90 bits per heavy atom. The summed E-state index contributed by atoms with van der Waals surface area (Å²) in [6, 6.07) is 1.31. The van der Waals surface area contributed by atoms with Gasteiger partial charge in [0.05, 0.1) is 0 Å². The van der Waals surface area contributed by atoms with Gasteiger partial charge in [-0.1, -0.05) is 6.92 Å². The molecule has 0 saturated carbocycles. The molecule has 1 amide bonds. The molecular weight excluding hydrogens is 305 g/mol. The maximum Gasteiger partial charge on any atom is 0.254 e. The molecule has 1 aromatic rings. The second kappa shape index (κ2) is 7.13. The van der Waals surface area contributed by atoms with E-state index in [1.165, 1.54) is 4.90 Å². The third kappa shape index (κ3) is 3.68. The summed E-state index contributed by atoms with van der Waals surface area (Å²) in [7, 11) is 0. The summed E-state index contributed by atoms with van der Waals surface area (Å²) in [5.41, 5.74) is 5.47. The average molecular weight is 323 g/mol. The van der Waals surface area contributed by atoms with Gasteiger partial charge in [0.15, 0.2) is 17.5 Å². The van der Waals surface area contributed by atoms with Crippen molar-refractivity contribution in [3.63, 3.8) is 0 Å². The molecule has 0 spiro atoms. The number of piperidine rings is 1. The Morgan fingerprint density at radius 3 is 2.43 bits per heavy atom. The van der Waals surface area contributed by atoms with Crippen molar-refractivity contribution in [1.82, 2.24) is 4.90 Å². The largest absolute Gasteiger partial charge is 0.334 e. The number of hydrogen-bond donors (Lipinski definition) is 1. The van der Waals surface area contributed by atoms with E-state index in [1.54, 1.807) is 0 Å². The molecule has 2 unspecified atom stereocenters. The highest BCUT2D eigenvalue weighted by molar-refractivity contribution is 5.94. The first-order chi connectivity index (χ1) is 9.43. The number of benzene rings is 1. The van der Waals surface area contributed by atoms with E-state index in [0.29, 0.717) is 19.0 Å². The van der Waals surface area contributed by atoms with Gasteiger partial charge in [-0.3, -0.25) is 4.79 Å². The Hall–Kier alpha value is -1.27. The number of carbonyl (C=O) groups is 1. The second-order valence-electron chi connectivity index (χ2n) is 5.27. The predicted molar refractivity (Wildman–Crippen MR) is 75.8 cm³/mol. The van der Waals surface area contributed by atoms with Crippen LogP contribution in [0.4, 0.5) is 13.2 Å². The Kier molecular flexibility index (Phi) is 6.04. The van der Waals surface area contributed by atoms with E-state index >= 15 is 0 Å². The number of nitrogens with two attached hydrogens (primary N) is 1. The number of hydrogen-bond acceptors (Lipinski definition) is 2. The van der Waals surface area contributed by atoms with Crippen LogP contribution in [0.1, 0.15) is 30.1 Å². The molecule has 1 aliphatic heterocycles.